The Balaban J connectivity index is 2.34. The van der Waals surface area contributed by atoms with E-state index in [1.54, 1.807) is 13.0 Å². The molecule has 3 nitrogen and oxygen atoms in total. The topological polar surface area (TPSA) is 49.3 Å². The predicted octanol–water partition coefficient (Wildman–Crippen LogP) is 3.72. The zero-order chi connectivity index (χ0) is 14.0. The van der Waals surface area contributed by atoms with Crippen LogP contribution in [0.2, 0.25) is 0 Å². The number of aryl methyl sites for hydroxylation is 1. The van der Waals surface area contributed by atoms with Crippen LogP contribution in [0, 0.1) is 18.6 Å². The summed E-state index contributed by atoms with van der Waals surface area (Å²) >= 11 is 0. The number of rotatable bonds is 3. The maximum Gasteiger partial charge on any atom is 0.335 e. The quantitative estimate of drug-likeness (QED) is 0.887. The summed E-state index contributed by atoms with van der Waals surface area (Å²) in [5, 5.41) is 11.8. The van der Waals surface area contributed by atoms with Gasteiger partial charge in [-0.1, -0.05) is 6.07 Å². The fourth-order valence-corrected chi connectivity index (χ4v) is 1.62. The largest absolute Gasteiger partial charge is 0.478 e. The number of benzene rings is 2. The lowest BCUT2D eigenvalue weighted by atomic mass is 10.1. The highest BCUT2D eigenvalue weighted by Crippen LogP contribution is 2.23. The van der Waals surface area contributed by atoms with Gasteiger partial charge in [-0.2, -0.15) is 0 Å². The van der Waals surface area contributed by atoms with Crippen molar-refractivity contribution in [2.24, 2.45) is 0 Å². The van der Waals surface area contributed by atoms with Gasteiger partial charge in [0, 0.05) is 17.4 Å². The molecule has 2 N–H and O–H groups in total. The van der Waals surface area contributed by atoms with Crippen molar-refractivity contribution in [1.29, 1.82) is 0 Å². The van der Waals surface area contributed by atoms with Crippen LogP contribution >= 0.6 is 0 Å². The van der Waals surface area contributed by atoms with Crippen molar-refractivity contribution in [2.45, 2.75) is 6.92 Å². The molecule has 0 atom stereocenters. The molecule has 0 unspecified atom stereocenters. The maximum absolute atomic E-state index is 13.1. The van der Waals surface area contributed by atoms with Crippen molar-refractivity contribution in [1.82, 2.24) is 0 Å². The Morgan fingerprint density at radius 1 is 1.11 bits per heavy atom. The molecule has 0 aliphatic rings. The minimum absolute atomic E-state index is 0.121. The molecule has 0 radical (unpaired) electrons. The molecule has 0 fully saturated rings. The molecule has 0 aliphatic heterocycles. The van der Waals surface area contributed by atoms with Crippen molar-refractivity contribution < 1.29 is 18.7 Å². The number of carbonyl (C=O) groups is 1. The summed E-state index contributed by atoms with van der Waals surface area (Å²) < 4.78 is 25.9. The number of carboxylic acid groups (broad SMARTS) is 1. The van der Waals surface area contributed by atoms with E-state index in [9.17, 15) is 13.6 Å². The zero-order valence-electron chi connectivity index (χ0n) is 10.1. The molecule has 0 saturated heterocycles. The number of hydrogen-bond donors (Lipinski definition) is 2. The van der Waals surface area contributed by atoms with Gasteiger partial charge < -0.3 is 10.4 Å². The third-order valence-electron chi connectivity index (χ3n) is 2.68. The smallest absolute Gasteiger partial charge is 0.335 e. The van der Waals surface area contributed by atoms with E-state index in [4.69, 9.17) is 5.11 Å². The normalized spacial score (nSPS) is 10.3. The summed E-state index contributed by atoms with van der Waals surface area (Å²) in [6.07, 6.45) is 0. The average molecular weight is 263 g/mol. The van der Waals surface area contributed by atoms with Gasteiger partial charge in [0.25, 0.3) is 0 Å². The molecule has 19 heavy (non-hydrogen) atoms. The highest BCUT2D eigenvalue weighted by molar-refractivity contribution is 5.89. The van der Waals surface area contributed by atoms with Crippen LogP contribution in [0.5, 0.6) is 0 Å². The van der Waals surface area contributed by atoms with Crippen LogP contribution < -0.4 is 5.32 Å². The minimum atomic E-state index is -1.05. The van der Waals surface area contributed by atoms with E-state index in [2.05, 4.69) is 5.32 Å². The van der Waals surface area contributed by atoms with Crippen molar-refractivity contribution >= 4 is 17.3 Å². The molecule has 98 valence electrons. The van der Waals surface area contributed by atoms with E-state index in [-0.39, 0.29) is 5.56 Å². The first-order chi connectivity index (χ1) is 8.97. The standard InChI is InChI=1S/C14H11F2NO2/c1-8-2-3-9(14(18)19)6-13(8)17-10-4-5-11(15)12(16)7-10/h2-7,17H,1H3,(H,18,19). The van der Waals surface area contributed by atoms with Crippen molar-refractivity contribution in [2.75, 3.05) is 5.32 Å². The highest BCUT2D eigenvalue weighted by atomic mass is 19.2. The number of anilines is 2. The van der Waals surface area contributed by atoms with E-state index >= 15 is 0 Å². The van der Waals surface area contributed by atoms with E-state index in [1.165, 1.54) is 18.2 Å². The second-order valence-corrected chi connectivity index (χ2v) is 4.09. The van der Waals surface area contributed by atoms with Gasteiger partial charge in [-0.15, -0.1) is 0 Å². The number of nitrogens with one attached hydrogen (secondary N) is 1. The van der Waals surface area contributed by atoms with Crippen LogP contribution in [0.15, 0.2) is 36.4 Å². The molecular formula is C14H11F2NO2. The molecule has 2 aromatic rings. The molecule has 2 rings (SSSR count). The first kappa shape index (κ1) is 13.0. The van der Waals surface area contributed by atoms with Gasteiger partial charge in [-0.05, 0) is 36.8 Å². The lowest BCUT2D eigenvalue weighted by Crippen LogP contribution is -2.00. The molecule has 0 aromatic heterocycles. The molecule has 0 aliphatic carbocycles. The summed E-state index contributed by atoms with van der Waals surface area (Å²) in [4.78, 5) is 10.9. The van der Waals surface area contributed by atoms with Gasteiger partial charge in [-0.25, -0.2) is 13.6 Å². The fourth-order valence-electron chi connectivity index (χ4n) is 1.62. The van der Waals surface area contributed by atoms with Gasteiger partial charge >= 0.3 is 5.97 Å². The third kappa shape index (κ3) is 2.88. The van der Waals surface area contributed by atoms with Crippen LogP contribution in [0.1, 0.15) is 15.9 Å². The summed E-state index contributed by atoms with van der Waals surface area (Å²) in [7, 11) is 0. The van der Waals surface area contributed by atoms with E-state index in [1.807, 2.05) is 0 Å². The Morgan fingerprint density at radius 3 is 2.47 bits per heavy atom. The first-order valence-electron chi connectivity index (χ1n) is 5.53. The van der Waals surface area contributed by atoms with Crippen molar-refractivity contribution in [3.05, 3.63) is 59.2 Å². The first-order valence-corrected chi connectivity index (χ1v) is 5.53. The van der Waals surface area contributed by atoms with E-state index in [0.29, 0.717) is 11.4 Å². The van der Waals surface area contributed by atoms with Gasteiger partial charge in [-0.3, -0.25) is 0 Å². The monoisotopic (exact) mass is 263 g/mol. The minimum Gasteiger partial charge on any atom is -0.478 e. The molecule has 5 heteroatoms. The van der Waals surface area contributed by atoms with Gasteiger partial charge in [0.05, 0.1) is 5.56 Å². The molecule has 0 heterocycles. The molecule has 0 spiro atoms. The number of aromatic carboxylic acids is 1. The second kappa shape index (κ2) is 5.06. The maximum atomic E-state index is 13.1. The number of hydrogen-bond acceptors (Lipinski definition) is 2. The van der Waals surface area contributed by atoms with Crippen LogP contribution in [0.25, 0.3) is 0 Å². The number of halogens is 2. The van der Waals surface area contributed by atoms with E-state index in [0.717, 1.165) is 17.7 Å². The SMILES string of the molecule is Cc1ccc(C(=O)O)cc1Nc1ccc(F)c(F)c1. The average Bonchev–Trinajstić information content (AvgIpc) is 2.36. The summed E-state index contributed by atoms with van der Waals surface area (Å²) in [6, 6.07) is 7.97. The predicted molar refractivity (Wildman–Crippen MR) is 67.8 cm³/mol. The number of carboxylic acids is 1. The molecule has 2 aromatic carbocycles. The lowest BCUT2D eigenvalue weighted by molar-refractivity contribution is 0.0697. The van der Waals surface area contributed by atoms with Crippen LogP contribution in [0.4, 0.5) is 20.2 Å². The fraction of sp³-hybridized carbons (Fsp3) is 0.0714. The van der Waals surface area contributed by atoms with Crippen LogP contribution in [0.3, 0.4) is 0 Å². The Kier molecular flexibility index (Phi) is 3.46. The van der Waals surface area contributed by atoms with Crippen molar-refractivity contribution in [3.8, 4) is 0 Å². The van der Waals surface area contributed by atoms with Crippen molar-refractivity contribution in [3.63, 3.8) is 0 Å². The van der Waals surface area contributed by atoms with Gasteiger partial charge in [0.15, 0.2) is 11.6 Å². The summed E-state index contributed by atoms with van der Waals surface area (Å²) in [5.74, 6) is -2.94. The zero-order valence-corrected chi connectivity index (χ0v) is 10.1. The lowest BCUT2D eigenvalue weighted by Gasteiger charge is -2.10. The molecule has 0 saturated carbocycles. The Bertz CT molecular complexity index is 641. The summed E-state index contributed by atoms with van der Waals surface area (Å²) in [6.45, 7) is 1.79. The van der Waals surface area contributed by atoms with Gasteiger partial charge in [0.2, 0.25) is 0 Å². The molecular weight excluding hydrogens is 252 g/mol. The summed E-state index contributed by atoms with van der Waals surface area (Å²) in [5.41, 5.74) is 1.81. The van der Waals surface area contributed by atoms with Crippen LogP contribution in [-0.2, 0) is 0 Å². The Labute approximate surface area is 108 Å². The Hall–Kier alpha value is -2.43. The molecule has 0 bridgehead atoms. The van der Waals surface area contributed by atoms with Crippen LogP contribution in [-0.4, -0.2) is 11.1 Å². The highest BCUT2D eigenvalue weighted by Gasteiger charge is 2.08. The molecule has 0 amide bonds. The second-order valence-electron chi connectivity index (χ2n) is 4.09. The van der Waals surface area contributed by atoms with E-state index < -0.39 is 17.6 Å². The third-order valence-corrected chi connectivity index (χ3v) is 2.68. The Morgan fingerprint density at radius 2 is 1.84 bits per heavy atom. The van der Waals surface area contributed by atoms with Gasteiger partial charge in [0.1, 0.15) is 0 Å².